The highest BCUT2D eigenvalue weighted by Crippen LogP contribution is 2.21. The Bertz CT molecular complexity index is 528. The minimum atomic E-state index is -0.944. The van der Waals surface area contributed by atoms with Crippen molar-refractivity contribution >= 4 is 37.8 Å². The van der Waals surface area contributed by atoms with E-state index in [4.69, 9.17) is 9.84 Å². The summed E-state index contributed by atoms with van der Waals surface area (Å²) in [5.41, 5.74) is -0.152. The number of pyridine rings is 1. The van der Waals surface area contributed by atoms with Gasteiger partial charge in [0.1, 0.15) is 0 Å². The molecule has 5 nitrogen and oxygen atoms in total. The molecular weight excluding hydrogens is 370 g/mol. The van der Waals surface area contributed by atoms with Crippen LogP contribution in [0.1, 0.15) is 12.8 Å². The summed E-state index contributed by atoms with van der Waals surface area (Å²) < 4.78 is 8.13. The van der Waals surface area contributed by atoms with Crippen LogP contribution < -0.4 is 5.56 Å². The minimum Gasteiger partial charge on any atom is -0.479 e. The number of aromatic nitrogens is 1. The number of carboxylic acids is 1. The van der Waals surface area contributed by atoms with E-state index in [0.29, 0.717) is 23.9 Å². The minimum absolute atomic E-state index is 0.152. The first-order valence-corrected chi connectivity index (χ1v) is 6.99. The number of halogens is 2. The van der Waals surface area contributed by atoms with Gasteiger partial charge in [-0.25, -0.2) is 4.79 Å². The van der Waals surface area contributed by atoms with Crippen molar-refractivity contribution in [2.45, 2.75) is 31.6 Å². The second-order valence-corrected chi connectivity index (χ2v) is 5.90. The van der Waals surface area contributed by atoms with Crippen LogP contribution in [-0.4, -0.2) is 27.9 Å². The zero-order valence-electron chi connectivity index (χ0n) is 9.31. The molecule has 2 unspecified atom stereocenters. The van der Waals surface area contributed by atoms with E-state index in [1.54, 1.807) is 12.3 Å². The molecule has 0 amide bonds. The van der Waals surface area contributed by atoms with Crippen molar-refractivity contribution in [2.24, 2.45) is 0 Å². The zero-order chi connectivity index (χ0) is 13.3. The van der Waals surface area contributed by atoms with Crippen molar-refractivity contribution < 1.29 is 14.6 Å². The summed E-state index contributed by atoms with van der Waals surface area (Å²) >= 11 is 6.49. The lowest BCUT2D eigenvalue weighted by Gasteiger charge is -2.13. The van der Waals surface area contributed by atoms with Crippen molar-refractivity contribution in [3.8, 4) is 0 Å². The highest BCUT2D eigenvalue weighted by Gasteiger charge is 2.30. The van der Waals surface area contributed by atoms with Crippen molar-refractivity contribution in [1.29, 1.82) is 0 Å². The second kappa shape index (κ2) is 5.54. The first-order chi connectivity index (χ1) is 8.47. The number of carboxylic acid groups (broad SMARTS) is 1. The number of hydrogen-bond donors (Lipinski definition) is 1. The fraction of sp³-hybridized carbons (Fsp3) is 0.455. The monoisotopic (exact) mass is 379 g/mol. The maximum absolute atomic E-state index is 11.8. The second-order valence-electron chi connectivity index (χ2n) is 4.13. The molecule has 1 aromatic rings. The van der Waals surface area contributed by atoms with E-state index >= 15 is 0 Å². The van der Waals surface area contributed by atoms with Gasteiger partial charge in [-0.1, -0.05) is 0 Å². The maximum Gasteiger partial charge on any atom is 0.332 e. The zero-order valence-corrected chi connectivity index (χ0v) is 12.5. The topological polar surface area (TPSA) is 68.5 Å². The molecule has 0 aromatic carbocycles. The van der Waals surface area contributed by atoms with Gasteiger partial charge in [-0.2, -0.15) is 0 Å². The van der Waals surface area contributed by atoms with Crippen molar-refractivity contribution in [1.82, 2.24) is 4.57 Å². The molecule has 0 bridgehead atoms. The average Bonchev–Trinajstić information content (AvgIpc) is 2.74. The molecule has 18 heavy (non-hydrogen) atoms. The standard InChI is InChI=1S/C11H11Br2NO4/c12-6-3-8(13)10(15)14(4-6)5-7-1-2-9(18-7)11(16)17/h3-4,7,9H,1-2,5H2,(H,16,17). The van der Waals surface area contributed by atoms with Crippen LogP contribution in [0.5, 0.6) is 0 Å². The predicted octanol–water partition coefficient (Wildman–Crippen LogP) is 2.01. The number of carbonyl (C=O) groups is 1. The van der Waals surface area contributed by atoms with Gasteiger partial charge in [0, 0.05) is 10.7 Å². The summed E-state index contributed by atoms with van der Waals surface area (Å²) in [4.78, 5) is 22.6. The lowest BCUT2D eigenvalue weighted by atomic mass is 10.2. The van der Waals surface area contributed by atoms with Crippen LogP contribution in [0.2, 0.25) is 0 Å². The molecule has 1 aliphatic heterocycles. The van der Waals surface area contributed by atoms with Crippen LogP contribution in [0.25, 0.3) is 0 Å². The van der Waals surface area contributed by atoms with Crippen molar-refractivity contribution in [2.75, 3.05) is 0 Å². The third-order valence-electron chi connectivity index (χ3n) is 2.79. The maximum atomic E-state index is 11.8. The van der Waals surface area contributed by atoms with E-state index in [1.165, 1.54) is 4.57 Å². The molecule has 1 aromatic heterocycles. The molecule has 2 heterocycles. The molecule has 0 saturated carbocycles. The molecule has 1 N–H and O–H groups in total. The Morgan fingerprint density at radius 3 is 2.83 bits per heavy atom. The summed E-state index contributed by atoms with van der Waals surface area (Å²) in [5, 5.41) is 8.83. The summed E-state index contributed by atoms with van der Waals surface area (Å²) in [6.45, 7) is 0.362. The van der Waals surface area contributed by atoms with E-state index in [9.17, 15) is 9.59 Å². The Morgan fingerprint density at radius 2 is 2.22 bits per heavy atom. The molecular formula is C11H11Br2NO4. The highest BCUT2D eigenvalue weighted by atomic mass is 79.9. The number of hydrogen-bond acceptors (Lipinski definition) is 3. The first kappa shape index (κ1) is 13.8. The summed E-state index contributed by atoms with van der Waals surface area (Å²) in [7, 11) is 0. The van der Waals surface area contributed by atoms with Crippen LogP contribution in [0.4, 0.5) is 0 Å². The van der Waals surface area contributed by atoms with Crippen LogP contribution in [0.3, 0.4) is 0 Å². The molecule has 0 aliphatic carbocycles. The van der Waals surface area contributed by atoms with E-state index in [2.05, 4.69) is 31.9 Å². The molecule has 1 fully saturated rings. The van der Waals surface area contributed by atoms with Crippen LogP contribution >= 0.6 is 31.9 Å². The fourth-order valence-corrected chi connectivity index (χ4v) is 3.20. The molecule has 0 radical (unpaired) electrons. The van der Waals surface area contributed by atoms with Crippen LogP contribution in [-0.2, 0) is 16.1 Å². The molecule has 7 heteroatoms. The lowest BCUT2D eigenvalue weighted by Crippen LogP contribution is -2.28. The Labute approximate surface area is 120 Å². The third-order valence-corrected chi connectivity index (χ3v) is 3.79. The van der Waals surface area contributed by atoms with E-state index in [0.717, 1.165) is 4.47 Å². The average molecular weight is 381 g/mol. The SMILES string of the molecule is O=C(O)C1CCC(Cn2cc(Br)cc(Br)c2=O)O1. The number of ether oxygens (including phenoxy) is 1. The first-order valence-electron chi connectivity index (χ1n) is 5.41. The van der Waals surface area contributed by atoms with Gasteiger partial charge >= 0.3 is 5.97 Å². The molecule has 2 atom stereocenters. The van der Waals surface area contributed by atoms with E-state index in [1.807, 2.05) is 0 Å². The quantitative estimate of drug-likeness (QED) is 0.870. The van der Waals surface area contributed by atoms with E-state index in [-0.39, 0.29) is 11.7 Å². The van der Waals surface area contributed by atoms with Crippen molar-refractivity contribution in [3.05, 3.63) is 31.6 Å². The normalized spacial score (nSPS) is 23.2. The van der Waals surface area contributed by atoms with E-state index < -0.39 is 12.1 Å². The predicted molar refractivity (Wildman–Crippen MR) is 71.6 cm³/mol. The Kier molecular flexibility index (Phi) is 4.24. The fourth-order valence-electron chi connectivity index (χ4n) is 1.94. The van der Waals surface area contributed by atoms with Gasteiger partial charge in [-0.05, 0) is 50.8 Å². The molecule has 98 valence electrons. The number of aliphatic carboxylic acids is 1. The molecule has 1 saturated heterocycles. The molecule has 0 spiro atoms. The smallest absolute Gasteiger partial charge is 0.332 e. The highest BCUT2D eigenvalue weighted by molar-refractivity contribution is 9.11. The Balaban J connectivity index is 2.12. The van der Waals surface area contributed by atoms with Gasteiger partial charge in [0.05, 0.1) is 17.1 Å². The van der Waals surface area contributed by atoms with Gasteiger partial charge < -0.3 is 14.4 Å². The third kappa shape index (κ3) is 3.02. The summed E-state index contributed by atoms with van der Waals surface area (Å²) in [6, 6.07) is 1.67. The summed E-state index contributed by atoms with van der Waals surface area (Å²) in [6.07, 6.45) is 1.83. The van der Waals surface area contributed by atoms with Crippen LogP contribution in [0.15, 0.2) is 26.0 Å². The van der Waals surface area contributed by atoms with Gasteiger partial charge in [0.2, 0.25) is 0 Å². The van der Waals surface area contributed by atoms with Gasteiger partial charge in [0.15, 0.2) is 6.10 Å². The largest absolute Gasteiger partial charge is 0.479 e. The number of rotatable bonds is 3. The Hall–Kier alpha value is -0.660. The van der Waals surface area contributed by atoms with Gasteiger partial charge in [0.25, 0.3) is 5.56 Å². The van der Waals surface area contributed by atoms with Gasteiger partial charge in [-0.15, -0.1) is 0 Å². The lowest BCUT2D eigenvalue weighted by molar-refractivity contribution is -0.149. The Morgan fingerprint density at radius 1 is 1.50 bits per heavy atom. The molecule has 1 aliphatic rings. The molecule has 2 rings (SSSR count). The summed E-state index contributed by atoms with van der Waals surface area (Å²) in [5.74, 6) is -0.944. The number of nitrogens with zero attached hydrogens (tertiary/aromatic N) is 1. The van der Waals surface area contributed by atoms with Gasteiger partial charge in [-0.3, -0.25) is 4.79 Å². The van der Waals surface area contributed by atoms with Crippen molar-refractivity contribution in [3.63, 3.8) is 0 Å². The van der Waals surface area contributed by atoms with Crippen LogP contribution in [0, 0.1) is 0 Å².